The fourth-order valence-corrected chi connectivity index (χ4v) is 2.04. The largest absolute Gasteiger partial charge is 0.266 e. The Bertz CT molecular complexity index is 595. The van der Waals surface area contributed by atoms with Crippen LogP contribution in [0.3, 0.4) is 0 Å². The van der Waals surface area contributed by atoms with Gasteiger partial charge in [0.15, 0.2) is 0 Å². The van der Waals surface area contributed by atoms with Gasteiger partial charge in [-0.25, -0.2) is 0 Å². The predicted octanol–water partition coefficient (Wildman–Crippen LogP) is 4.77. The van der Waals surface area contributed by atoms with Crippen molar-refractivity contribution in [2.45, 2.75) is 0 Å². The first-order valence-corrected chi connectivity index (χ1v) is 5.83. The fraction of sp³-hybridized carbons (Fsp3) is 0. The SMILES string of the molecule is S=c1[nH]nc(Cl)cc1-c1cc(Cl)ccc1Cl. The van der Waals surface area contributed by atoms with Crippen molar-refractivity contribution in [2.75, 3.05) is 0 Å². The summed E-state index contributed by atoms with van der Waals surface area (Å²) in [5, 5.41) is 7.89. The number of halogens is 3. The monoisotopic (exact) mass is 290 g/mol. The molecule has 1 N–H and O–H groups in total. The number of benzene rings is 1. The molecule has 0 radical (unpaired) electrons. The highest BCUT2D eigenvalue weighted by Gasteiger charge is 2.07. The molecule has 16 heavy (non-hydrogen) atoms. The normalized spacial score (nSPS) is 10.4. The van der Waals surface area contributed by atoms with Crippen molar-refractivity contribution in [1.82, 2.24) is 10.2 Å². The Morgan fingerprint density at radius 2 is 1.81 bits per heavy atom. The first kappa shape index (κ1) is 11.9. The molecule has 2 aromatic rings. The van der Waals surface area contributed by atoms with Crippen LogP contribution < -0.4 is 0 Å². The smallest absolute Gasteiger partial charge is 0.150 e. The summed E-state index contributed by atoms with van der Waals surface area (Å²) in [6.45, 7) is 0. The maximum absolute atomic E-state index is 6.07. The lowest BCUT2D eigenvalue weighted by Crippen LogP contribution is -1.88. The van der Waals surface area contributed by atoms with E-state index in [4.69, 9.17) is 47.0 Å². The van der Waals surface area contributed by atoms with Gasteiger partial charge in [0.05, 0.1) is 0 Å². The minimum atomic E-state index is 0.319. The average Bonchev–Trinajstić information content (AvgIpc) is 2.25. The minimum Gasteiger partial charge on any atom is -0.266 e. The fourth-order valence-electron chi connectivity index (χ4n) is 1.29. The lowest BCUT2D eigenvalue weighted by molar-refractivity contribution is 1.02. The third kappa shape index (κ3) is 2.38. The summed E-state index contributed by atoms with van der Waals surface area (Å²) in [5.74, 6) is 0. The van der Waals surface area contributed by atoms with Crippen LogP contribution in [0.1, 0.15) is 0 Å². The van der Waals surface area contributed by atoms with Crippen LogP contribution in [0.4, 0.5) is 0 Å². The molecule has 0 fully saturated rings. The lowest BCUT2D eigenvalue weighted by atomic mass is 10.1. The molecule has 0 aliphatic carbocycles. The second-order valence-corrected chi connectivity index (χ2v) is 4.70. The van der Waals surface area contributed by atoms with Gasteiger partial charge in [-0.3, -0.25) is 5.10 Å². The third-order valence-electron chi connectivity index (χ3n) is 1.99. The van der Waals surface area contributed by atoms with Crippen molar-refractivity contribution in [3.8, 4) is 11.1 Å². The van der Waals surface area contributed by atoms with Crippen molar-refractivity contribution < 1.29 is 0 Å². The summed E-state index contributed by atoms with van der Waals surface area (Å²) in [7, 11) is 0. The van der Waals surface area contributed by atoms with E-state index >= 15 is 0 Å². The number of aromatic amines is 1. The second kappa shape index (κ2) is 4.72. The molecule has 0 spiro atoms. The van der Waals surface area contributed by atoms with E-state index in [1.54, 1.807) is 24.3 Å². The maximum atomic E-state index is 6.07. The molecule has 0 aliphatic heterocycles. The molecular weight excluding hydrogens is 287 g/mol. The molecule has 1 heterocycles. The zero-order valence-corrected chi connectivity index (χ0v) is 10.9. The van der Waals surface area contributed by atoms with Gasteiger partial charge in [-0.2, -0.15) is 5.10 Å². The van der Waals surface area contributed by atoms with Gasteiger partial charge in [-0.1, -0.05) is 47.0 Å². The summed E-state index contributed by atoms with van der Waals surface area (Å²) >= 11 is 22.9. The van der Waals surface area contributed by atoms with Gasteiger partial charge < -0.3 is 0 Å². The van der Waals surface area contributed by atoms with Gasteiger partial charge in [0.1, 0.15) is 9.79 Å². The van der Waals surface area contributed by atoms with E-state index < -0.39 is 0 Å². The van der Waals surface area contributed by atoms with E-state index in [2.05, 4.69) is 10.2 Å². The van der Waals surface area contributed by atoms with Gasteiger partial charge in [0, 0.05) is 21.2 Å². The lowest BCUT2D eigenvalue weighted by Gasteiger charge is -2.05. The van der Waals surface area contributed by atoms with Gasteiger partial charge in [-0.05, 0) is 24.3 Å². The third-order valence-corrected chi connectivity index (χ3v) is 3.06. The second-order valence-electron chi connectivity index (χ2n) is 3.06. The first-order valence-electron chi connectivity index (χ1n) is 4.28. The average molecular weight is 292 g/mol. The van der Waals surface area contributed by atoms with Crippen molar-refractivity contribution in [1.29, 1.82) is 0 Å². The number of hydrogen-bond acceptors (Lipinski definition) is 2. The van der Waals surface area contributed by atoms with Crippen molar-refractivity contribution in [2.24, 2.45) is 0 Å². The summed E-state index contributed by atoms with van der Waals surface area (Å²) in [6.07, 6.45) is 0. The zero-order chi connectivity index (χ0) is 11.7. The summed E-state index contributed by atoms with van der Waals surface area (Å²) in [6, 6.07) is 6.81. The van der Waals surface area contributed by atoms with E-state index in [0.29, 0.717) is 25.4 Å². The quantitative estimate of drug-likeness (QED) is 0.767. The molecule has 0 bridgehead atoms. The van der Waals surface area contributed by atoms with E-state index in [1.165, 1.54) is 0 Å². The molecule has 0 amide bonds. The molecule has 1 aromatic heterocycles. The summed E-state index contributed by atoms with van der Waals surface area (Å²) in [4.78, 5) is 0. The van der Waals surface area contributed by atoms with Crippen molar-refractivity contribution in [3.63, 3.8) is 0 Å². The Morgan fingerprint density at radius 3 is 2.56 bits per heavy atom. The van der Waals surface area contributed by atoms with Crippen LogP contribution in [-0.4, -0.2) is 10.2 Å². The van der Waals surface area contributed by atoms with Gasteiger partial charge in [0.2, 0.25) is 0 Å². The Hall–Kier alpha value is -0.610. The van der Waals surface area contributed by atoms with Crippen LogP contribution in [-0.2, 0) is 0 Å². The molecule has 1 aromatic carbocycles. The van der Waals surface area contributed by atoms with E-state index in [0.717, 1.165) is 5.56 Å². The number of hydrogen-bond donors (Lipinski definition) is 1. The summed E-state index contributed by atoms with van der Waals surface area (Å²) < 4.78 is 0.466. The van der Waals surface area contributed by atoms with Crippen molar-refractivity contribution >= 4 is 47.0 Å². The molecule has 6 heteroatoms. The van der Waals surface area contributed by atoms with Gasteiger partial charge in [-0.15, -0.1) is 0 Å². The molecule has 2 nitrogen and oxygen atoms in total. The van der Waals surface area contributed by atoms with Crippen LogP contribution in [0.5, 0.6) is 0 Å². The Labute approximate surface area is 112 Å². The van der Waals surface area contributed by atoms with Crippen LogP contribution in [0.25, 0.3) is 11.1 Å². The number of aromatic nitrogens is 2. The minimum absolute atomic E-state index is 0.319. The number of nitrogens with zero attached hydrogens (tertiary/aromatic N) is 1. The van der Waals surface area contributed by atoms with Crippen LogP contribution >= 0.6 is 47.0 Å². The number of nitrogens with one attached hydrogen (secondary N) is 1. The first-order chi connectivity index (χ1) is 7.58. The zero-order valence-electron chi connectivity index (χ0n) is 7.80. The Morgan fingerprint density at radius 1 is 1.06 bits per heavy atom. The standard InChI is InChI=1S/C10H5Cl3N2S/c11-5-1-2-8(12)6(3-5)7-4-9(13)14-15-10(7)16/h1-4H,(H,15,16). The number of rotatable bonds is 1. The highest BCUT2D eigenvalue weighted by molar-refractivity contribution is 7.71. The molecule has 2 rings (SSSR count). The van der Waals surface area contributed by atoms with Crippen LogP contribution in [0, 0.1) is 4.64 Å². The van der Waals surface area contributed by atoms with Crippen LogP contribution in [0.15, 0.2) is 24.3 Å². The van der Waals surface area contributed by atoms with E-state index in [-0.39, 0.29) is 0 Å². The summed E-state index contributed by atoms with van der Waals surface area (Å²) in [5.41, 5.74) is 1.45. The molecular formula is C10H5Cl3N2S. The molecule has 0 atom stereocenters. The van der Waals surface area contributed by atoms with Gasteiger partial charge >= 0.3 is 0 Å². The van der Waals surface area contributed by atoms with E-state index in [9.17, 15) is 0 Å². The molecule has 0 aliphatic rings. The molecule has 0 unspecified atom stereocenters. The Kier molecular flexibility index (Phi) is 3.50. The number of H-pyrrole nitrogens is 1. The molecule has 82 valence electrons. The van der Waals surface area contributed by atoms with Crippen molar-refractivity contribution in [3.05, 3.63) is 44.1 Å². The molecule has 0 saturated heterocycles. The Balaban J connectivity index is 2.71. The topological polar surface area (TPSA) is 28.7 Å². The highest BCUT2D eigenvalue weighted by Crippen LogP contribution is 2.31. The van der Waals surface area contributed by atoms with Crippen LogP contribution in [0.2, 0.25) is 15.2 Å². The predicted molar refractivity (Wildman–Crippen MR) is 69.9 cm³/mol. The van der Waals surface area contributed by atoms with Gasteiger partial charge in [0.25, 0.3) is 0 Å². The molecule has 0 saturated carbocycles. The van der Waals surface area contributed by atoms with E-state index in [1.807, 2.05) is 0 Å². The highest BCUT2D eigenvalue weighted by atomic mass is 35.5. The maximum Gasteiger partial charge on any atom is 0.150 e.